The maximum Gasteiger partial charge on any atom is 0.237 e. The maximum absolute atomic E-state index is 12.3. The molecule has 24 heavy (non-hydrogen) atoms. The highest BCUT2D eigenvalue weighted by atomic mass is 35.5. The molecule has 0 aliphatic rings. The molecule has 128 valence electrons. The van der Waals surface area contributed by atoms with Gasteiger partial charge in [0.15, 0.2) is 5.16 Å². The molecule has 2 amide bonds. The van der Waals surface area contributed by atoms with Gasteiger partial charge in [0.25, 0.3) is 0 Å². The van der Waals surface area contributed by atoms with Crippen molar-refractivity contribution in [1.29, 1.82) is 0 Å². The number of benzene rings is 1. The van der Waals surface area contributed by atoms with Gasteiger partial charge in [0.1, 0.15) is 5.82 Å². The normalized spacial score (nSPS) is 12.0. The molecule has 2 rings (SSSR count). The number of hydrogen-bond donors (Lipinski definition) is 2. The molecule has 0 saturated heterocycles. The summed E-state index contributed by atoms with van der Waals surface area (Å²) < 4.78 is 1.76. The van der Waals surface area contributed by atoms with Crippen LogP contribution in [-0.2, 0) is 23.1 Å². The summed E-state index contributed by atoms with van der Waals surface area (Å²) in [5.41, 5.74) is 5.82. The van der Waals surface area contributed by atoms with Crippen LogP contribution >= 0.6 is 23.4 Å². The van der Waals surface area contributed by atoms with Crippen LogP contribution in [0.15, 0.2) is 29.4 Å². The Bertz CT molecular complexity index is 732. The van der Waals surface area contributed by atoms with Crippen molar-refractivity contribution in [3.05, 3.63) is 35.1 Å². The van der Waals surface area contributed by atoms with E-state index in [1.165, 1.54) is 11.8 Å². The zero-order valence-electron chi connectivity index (χ0n) is 13.3. The third kappa shape index (κ3) is 4.97. The number of primary amides is 1. The van der Waals surface area contributed by atoms with E-state index in [0.717, 1.165) is 0 Å². The Balaban J connectivity index is 1.96. The number of aromatic nitrogens is 3. The summed E-state index contributed by atoms with van der Waals surface area (Å²) in [5.74, 6) is 0.119. The first-order chi connectivity index (χ1) is 11.4. The van der Waals surface area contributed by atoms with Crippen molar-refractivity contribution in [3.8, 4) is 0 Å². The van der Waals surface area contributed by atoms with Crippen LogP contribution in [0.5, 0.6) is 0 Å². The van der Waals surface area contributed by atoms with Crippen molar-refractivity contribution in [2.24, 2.45) is 12.8 Å². The number of amides is 2. The maximum atomic E-state index is 12.3. The fourth-order valence-electron chi connectivity index (χ4n) is 1.89. The molecule has 3 N–H and O–H groups in total. The van der Waals surface area contributed by atoms with Gasteiger partial charge in [-0.3, -0.25) is 9.59 Å². The highest BCUT2D eigenvalue weighted by Gasteiger charge is 2.19. The number of carbonyl (C=O) groups excluding carboxylic acids is 2. The molecule has 0 radical (unpaired) electrons. The van der Waals surface area contributed by atoms with E-state index in [1.807, 2.05) is 0 Å². The van der Waals surface area contributed by atoms with Gasteiger partial charge in [0.05, 0.1) is 5.25 Å². The van der Waals surface area contributed by atoms with E-state index in [2.05, 4.69) is 15.5 Å². The quantitative estimate of drug-likeness (QED) is 0.728. The molecule has 7 nitrogen and oxygen atoms in total. The lowest BCUT2D eigenvalue weighted by Gasteiger charge is -2.11. The summed E-state index contributed by atoms with van der Waals surface area (Å²) in [4.78, 5) is 23.1. The van der Waals surface area contributed by atoms with Gasteiger partial charge in [-0.05, 0) is 31.2 Å². The molecule has 1 atom stereocenters. The van der Waals surface area contributed by atoms with Gasteiger partial charge < -0.3 is 15.6 Å². The van der Waals surface area contributed by atoms with Crippen molar-refractivity contribution in [2.75, 3.05) is 5.32 Å². The Kier molecular flexibility index (Phi) is 6.22. The Labute approximate surface area is 149 Å². The SMILES string of the molecule is C[C@H](Sc1nnc(CCC(N)=O)n1C)C(=O)Nc1ccc(Cl)cc1. The van der Waals surface area contributed by atoms with Crippen LogP contribution in [0.25, 0.3) is 0 Å². The first-order valence-electron chi connectivity index (χ1n) is 7.26. The highest BCUT2D eigenvalue weighted by molar-refractivity contribution is 8.00. The molecule has 0 fully saturated rings. The third-order valence-electron chi connectivity index (χ3n) is 3.28. The topological polar surface area (TPSA) is 103 Å². The number of nitrogens with zero attached hydrogens (tertiary/aromatic N) is 3. The van der Waals surface area contributed by atoms with Gasteiger partial charge in [0, 0.05) is 30.6 Å². The van der Waals surface area contributed by atoms with Crippen molar-refractivity contribution in [1.82, 2.24) is 14.8 Å². The number of hydrogen-bond acceptors (Lipinski definition) is 5. The average molecular weight is 368 g/mol. The molecule has 0 aliphatic carbocycles. The van der Waals surface area contributed by atoms with E-state index in [-0.39, 0.29) is 23.5 Å². The minimum Gasteiger partial charge on any atom is -0.370 e. The van der Waals surface area contributed by atoms with Crippen molar-refractivity contribution < 1.29 is 9.59 Å². The number of anilines is 1. The summed E-state index contributed by atoms with van der Waals surface area (Å²) in [6.45, 7) is 1.79. The minimum absolute atomic E-state index is 0.149. The van der Waals surface area contributed by atoms with Crippen molar-refractivity contribution >= 4 is 40.9 Å². The van der Waals surface area contributed by atoms with Crippen LogP contribution in [0.3, 0.4) is 0 Å². The van der Waals surface area contributed by atoms with Crippen LogP contribution in [0.2, 0.25) is 5.02 Å². The number of rotatable bonds is 7. The van der Waals surface area contributed by atoms with Crippen LogP contribution in [0.4, 0.5) is 5.69 Å². The molecule has 2 aromatic rings. The zero-order valence-corrected chi connectivity index (χ0v) is 14.9. The fraction of sp³-hybridized carbons (Fsp3) is 0.333. The predicted molar refractivity (Wildman–Crippen MR) is 93.9 cm³/mol. The van der Waals surface area contributed by atoms with Crippen LogP contribution in [-0.4, -0.2) is 31.8 Å². The summed E-state index contributed by atoms with van der Waals surface area (Å²) in [5, 5.41) is 11.8. The molecule has 0 bridgehead atoms. The first kappa shape index (κ1) is 18.3. The van der Waals surface area contributed by atoms with Gasteiger partial charge in [-0.25, -0.2) is 0 Å². The smallest absolute Gasteiger partial charge is 0.237 e. The molecule has 0 aliphatic heterocycles. The van der Waals surface area contributed by atoms with E-state index >= 15 is 0 Å². The Morgan fingerprint density at radius 1 is 1.33 bits per heavy atom. The molecule has 0 saturated carbocycles. The second-order valence-electron chi connectivity index (χ2n) is 5.18. The summed E-state index contributed by atoms with van der Waals surface area (Å²) in [7, 11) is 1.79. The van der Waals surface area contributed by atoms with E-state index in [0.29, 0.717) is 28.1 Å². The number of nitrogens with two attached hydrogens (primary N) is 1. The summed E-state index contributed by atoms with van der Waals surface area (Å²) >= 11 is 7.11. The molecule has 0 unspecified atom stereocenters. The van der Waals surface area contributed by atoms with Gasteiger partial charge >= 0.3 is 0 Å². The van der Waals surface area contributed by atoms with Crippen LogP contribution < -0.4 is 11.1 Å². The largest absolute Gasteiger partial charge is 0.370 e. The molecule has 1 heterocycles. The molecular formula is C15H18ClN5O2S. The van der Waals surface area contributed by atoms with E-state index in [4.69, 9.17) is 17.3 Å². The lowest BCUT2D eigenvalue weighted by molar-refractivity contribution is -0.118. The monoisotopic (exact) mass is 367 g/mol. The Morgan fingerprint density at radius 2 is 2.00 bits per heavy atom. The molecule has 9 heteroatoms. The van der Waals surface area contributed by atoms with Gasteiger partial charge in [-0.1, -0.05) is 23.4 Å². The number of aryl methyl sites for hydroxylation is 1. The fourth-order valence-corrected chi connectivity index (χ4v) is 2.85. The minimum atomic E-state index is -0.386. The third-order valence-corrected chi connectivity index (χ3v) is 4.67. The molecular weight excluding hydrogens is 350 g/mol. The van der Waals surface area contributed by atoms with E-state index < -0.39 is 0 Å². The summed E-state index contributed by atoms with van der Waals surface area (Å²) in [6, 6.07) is 6.90. The van der Waals surface area contributed by atoms with Gasteiger partial charge in [0.2, 0.25) is 11.8 Å². The Morgan fingerprint density at radius 3 is 2.62 bits per heavy atom. The lowest BCUT2D eigenvalue weighted by atomic mass is 10.3. The zero-order chi connectivity index (χ0) is 17.7. The molecule has 1 aromatic heterocycles. The summed E-state index contributed by atoms with van der Waals surface area (Å²) in [6.07, 6.45) is 0.633. The number of thioether (sulfide) groups is 1. The van der Waals surface area contributed by atoms with Gasteiger partial charge in [-0.2, -0.15) is 0 Å². The second-order valence-corrected chi connectivity index (χ2v) is 6.92. The van der Waals surface area contributed by atoms with Crippen molar-refractivity contribution in [3.63, 3.8) is 0 Å². The van der Waals surface area contributed by atoms with E-state index in [1.54, 1.807) is 42.8 Å². The lowest BCUT2D eigenvalue weighted by Crippen LogP contribution is -2.22. The average Bonchev–Trinajstić information content (AvgIpc) is 2.88. The first-order valence-corrected chi connectivity index (χ1v) is 8.52. The standard InChI is InChI=1S/C15H18ClN5O2S/c1-9(14(23)18-11-5-3-10(16)4-6-11)24-15-20-19-13(21(15)2)8-7-12(17)22/h3-6,9H,7-8H2,1-2H3,(H2,17,22)(H,18,23)/t9-/m0/s1. The Hall–Kier alpha value is -2.06. The second kappa shape index (κ2) is 8.16. The number of halogens is 1. The number of nitrogens with one attached hydrogen (secondary N) is 1. The van der Waals surface area contributed by atoms with Crippen LogP contribution in [0, 0.1) is 0 Å². The molecule has 1 aromatic carbocycles. The van der Waals surface area contributed by atoms with Gasteiger partial charge in [-0.15, -0.1) is 10.2 Å². The van der Waals surface area contributed by atoms with Crippen LogP contribution in [0.1, 0.15) is 19.2 Å². The van der Waals surface area contributed by atoms with E-state index in [9.17, 15) is 9.59 Å². The molecule has 0 spiro atoms. The predicted octanol–water partition coefficient (Wildman–Crippen LogP) is 2.01. The highest BCUT2D eigenvalue weighted by Crippen LogP contribution is 2.23. The van der Waals surface area contributed by atoms with Crippen molar-refractivity contribution in [2.45, 2.75) is 30.2 Å². The number of carbonyl (C=O) groups is 2.